The molecular weight excluding hydrogens is 254 g/mol. The van der Waals surface area contributed by atoms with Crippen molar-refractivity contribution in [3.63, 3.8) is 0 Å². The number of nitrogens with zero attached hydrogens (tertiary/aromatic N) is 1. The van der Waals surface area contributed by atoms with E-state index in [0.29, 0.717) is 19.6 Å². The van der Waals surface area contributed by atoms with Gasteiger partial charge < -0.3 is 14.2 Å². The minimum Gasteiger partial charge on any atom is -0.481 e. The lowest BCUT2D eigenvalue weighted by atomic mass is 10.2. The van der Waals surface area contributed by atoms with Crippen molar-refractivity contribution in [2.24, 2.45) is 0 Å². The maximum atomic E-state index is 11.4. The molecule has 1 aliphatic rings. The quantitative estimate of drug-likeness (QED) is 0.467. The molecule has 102 valence electrons. The lowest BCUT2D eigenvalue weighted by Gasteiger charge is -2.12. The molecule has 0 aliphatic carbocycles. The minimum absolute atomic E-state index is 0.0587. The Morgan fingerprint density at radius 2 is 2.32 bits per heavy atom. The molecule has 0 radical (unpaired) electrons. The lowest BCUT2D eigenvalue weighted by molar-refractivity contribution is -0.386. The van der Waals surface area contributed by atoms with Crippen LogP contribution in [0.4, 0.5) is 5.69 Å². The van der Waals surface area contributed by atoms with Crippen LogP contribution < -0.4 is 4.74 Å². The Hall–Kier alpha value is -2.15. The smallest absolute Gasteiger partial charge is 0.337 e. The van der Waals surface area contributed by atoms with Crippen molar-refractivity contribution in [3.05, 3.63) is 33.9 Å². The first-order chi connectivity index (χ1) is 9.11. The van der Waals surface area contributed by atoms with Gasteiger partial charge in [0, 0.05) is 18.6 Å². The third-order valence-electron chi connectivity index (χ3n) is 2.76. The number of benzene rings is 1. The van der Waals surface area contributed by atoms with E-state index in [2.05, 4.69) is 4.74 Å². The van der Waals surface area contributed by atoms with Crippen LogP contribution in [0.5, 0.6) is 5.75 Å². The largest absolute Gasteiger partial charge is 0.481 e. The van der Waals surface area contributed by atoms with Crippen molar-refractivity contribution in [2.75, 3.05) is 20.3 Å². The second kappa shape index (κ2) is 5.66. The average Bonchev–Trinajstić information content (AvgIpc) is 2.90. The molecule has 0 bridgehead atoms. The highest BCUT2D eigenvalue weighted by atomic mass is 16.6. The molecule has 1 aliphatic heterocycles. The van der Waals surface area contributed by atoms with Crippen LogP contribution in [0, 0.1) is 10.1 Å². The Morgan fingerprint density at radius 1 is 1.53 bits per heavy atom. The summed E-state index contributed by atoms with van der Waals surface area (Å²) in [5.74, 6) is -0.509. The van der Waals surface area contributed by atoms with E-state index in [1.54, 1.807) is 0 Å². The molecule has 0 aromatic heterocycles. The Balaban J connectivity index is 2.29. The molecule has 1 saturated heterocycles. The number of carbonyl (C=O) groups is 1. The van der Waals surface area contributed by atoms with E-state index in [0.717, 1.165) is 0 Å². The Bertz CT molecular complexity index is 495. The monoisotopic (exact) mass is 267 g/mol. The molecular formula is C12H13NO6. The topological polar surface area (TPSA) is 87.9 Å². The van der Waals surface area contributed by atoms with Crippen LogP contribution in [0.2, 0.25) is 0 Å². The van der Waals surface area contributed by atoms with Gasteiger partial charge in [0.15, 0.2) is 5.75 Å². The summed E-state index contributed by atoms with van der Waals surface area (Å²) < 4.78 is 15.2. The van der Waals surface area contributed by atoms with Crippen molar-refractivity contribution in [3.8, 4) is 5.75 Å². The molecule has 1 aromatic rings. The minimum atomic E-state index is -0.567. The third-order valence-corrected chi connectivity index (χ3v) is 2.76. The number of carbonyl (C=O) groups excluding carboxylic acids is 1. The molecule has 1 aromatic carbocycles. The van der Waals surface area contributed by atoms with Gasteiger partial charge in [0.05, 0.1) is 30.8 Å². The van der Waals surface area contributed by atoms with Gasteiger partial charge in [-0.3, -0.25) is 10.1 Å². The van der Waals surface area contributed by atoms with Crippen LogP contribution in [0.25, 0.3) is 0 Å². The van der Waals surface area contributed by atoms with Crippen molar-refractivity contribution >= 4 is 11.7 Å². The summed E-state index contributed by atoms with van der Waals surface area (Å²) in [4.78, 5) is 21.8. The van der Waals surface area contributed by atoms with E-state index < -0.39 is 10.9 Å². The second-order valence-electron chi connectivity index (χ2n) is 4.03. The molecule has 0 spiro atoms. The van der Waals surface area contributed by atoms with E-state index in [-0.39, 0.29) is 23.1 Å². The zero-order chi connectivity index (χ0) is 13.8. The van der Waals surface area contributed by atoms with Crippen LogP contribution in [-0.4, -0.2) is 37.3 Å². The highest BCUT2D eigenvalue weighted by Gasteiger charge is 2.24. The van der Waals surface area contributed by atoms with Gasteiger partial charge in [0.25, 0.3) is 0 Å². The van der Waals surface area contributed by atoms with Gasteiger partial charge in [-0.1, -0.05) is 0 Å². The summed E-state index contributed by atoms with van der Waals surface area (Å²) in [6.45, 7) is 0.953. The number of ether oxygens (including phenoxy) is 3. The van der Waals surface area contributed by atoms with E-state index in [9.17, 15) is 14.9 Å². The lowest BCUT2D eigenvalue weighted by Crippen LogP contribution is -2.17. The van der Waals surface area contributed by atoms with E-state index in [1.165, 1.54) is 25.3 Å². The normalized spacial score (nSPS) is 18.1. The molecule has 0 saturated carbocycles. The van der Waals surface area contributed by atoms with Crippen molar-refractivity contribution in [2.45, 2.75) is 12.5 Å². The van der Waals surface area contributed by atoms with Gasteiger partial charge >= 0.3 is 11.7 Å². The summed E-state index contributed by atoms with van der Waals surface area (Å²) in [5.41, 5.74) is 0.0292. The fourth-order valence-corrected chi connectivity index (χ4v) is 1.79. The molecule has 19 heavy (non-hydrogen) atoms. The van der Waals surface area contributed by atoms with Crippen LogP contribution in [0.1, 0.15) is 16.8 Å². The van der Waals surface area contributed by atoms with Crippen molar-refractivity contribution < 1.29 is 23.9 Å². The maximum absolute atomic E-state index is 11.4. The Labute approximate surface area is 109 Å². The molecule has 1 fully saturated rings. The van der Waals surface area contributed by atoms with Crippen LogP contribution >= 0.6 is 0 Å². The summed E-state index contributed by atoms with van der Waals surface area (Å²) in [6.07, 6.45) is 0.436. The molecule has 2 rings (SSSR count). The fraction of sp³-hybridized carbons (Fsp3) is 0.417. The first kappa shape index (κ1) is 13.3. The average molecular weight is 267 g/mol. The van der Waals surface area contributed by atoms with Gasteiger partial charge in [-0.05, 0) is 6.07 Å². The third kappa shape index (κ3) is 3.00. The molecule has 0 N–H and O–H groups in total. The summed E-state index contributed by atoms with van der Waals surface area (Å²) in [7, 11) is 1.25. The standard InChI is InChI=1S/C12H13NO6/c1-17-12(14)8-2-3-10(13(15)16)11(6-8)19-9-4-5-18-7-9/h2-3,6,9H,4-5,7H2,1H3/t9-/m0/s1. The Morgan fingerprint density at radius 3 is 2.89 bits per heavy atom. The van der Waals surface area contributed by atoms with Gasteiger partial charge in [-0.15, -0.1) is 0 Å². The first-order valence-corrected chi connectivity index (χ1v) is 5.73. The Kier molecular flexibility index (Phi) is 3.96. The molecule has 7 heteroatoms. The molecule has 0 unspecified atom stereocenters. The summed E-state index contributed by atoms with van der Waals surface area (Å²) in [6, 6.07) is 3.89. The predicted octanol–water partition coefficient (Wildman–Crippen LogP) is 1.55. The molecule has 0 amide bonds. The molecule has 1 atom stereocenters. The van der Waals surface area contributed by atoms with Crippen LogP contribution in [-0.2, 0) is 9.47 Å². The van der Waals surface area contributed by atoms with Crippen molar-refractivity contribution in [1.29, 1.82) is 0 Å². The maximum Gasteiger partial charge on any atom is 0.337 e. The number of nitro benzene ring substituents is 1. The SMILES string of the molecule is COC(=O)c1ccc([N+](=O)[O-])c(O[C@H]2CCOC2)c1. The highest BCUT2D eigenvalue weighted by Crippen LogP contribution is 2.30. The number of nitro groups is 1. The summed E-state index contributed by atoms with van der Waals surface area (Å²) in [5, 5.41) is 10.9. The number of rotatable bonds is 4. The predicted molar refractivity (Wildman–Crippen MR) is 64.3 cm³/mol. The van der Waals surface area contributed by atoms with E-state index in [1.807, 2.05) is 0 Å². The number of hydrogen-bond acceptors (Lipinski definition) is 6. The van der Waals surface area contributed by atoms with Crippen LogP contribution in [0.15, 0.2) is 18.2 Å². The van der Waals surface area contributed by atoms with E-state index >= 15 is 0 Å². The van der Waals surface area contributed by atoms with Crippen molar-refractivity contribution in [1.82, 2.24) is 0 Å². The molecule has 1 heterocycles. The van der Waals surface area contributed by atoms with Crippen LogP contribution in [0.3, 0.4) is 0 Å². The first-order valence-electron chi connectivity index (χ1n) is 5.73. The zero-order valence-electron chi connectivity index (χ0n) is 10.3. The van der Waals surface area contributed by atoms with Gasteiger partial charge in [0.1, 0.15) is 6.10 Å². The van der Waals surface area contributed by atoms with Gasteiger partial charge in [-0.25, -0.2) is 4.79 Å². The fourth-order valence-electron chi connectivity index (χ4n) is 1.79. The number of esters is 1. The highest BCUT2D eigenvalue weighted by molar-refractivity contribution is 5.90. The van der Waals surface area contributed by atoms with Gasteiger partial charge in [0.2, 0.25) is 0 Å². The number of methoxy groups -OCH3 is 1. The number of hydrogen-bond donors (Lipinski definition) is 0. The van der Waals surface area contributed by atoms with Gasteiger partial charge in [-0.2, -0.15) is 0 Å². The second-order valence-corrected chi connectivity index (χ2v) is 4.03. The summed E-state index contributed by atoms with van der Waals surface area (Å²) >= 11 is 0. The van der Waals surface area contributed by atoms with E-state index in [4.69, 9.17) is 9.47 Å². The zero-order valence-corrected chi connectivity index (χ0v) is 10.3. The molecule has 7 nitrogen and oxygen atoms in total.